The van der Waals surface area contributed by atoms with Gasteiger partial charge in [0.2, 0.25) is 0 Å². The molecular formula is C10H20ClNOSi. The van der Waals surface area contributed by atoms with Crippen LogP contribution in [0.1, 0.15) is 27.2 Å². The second-order valence-electron chi connectivity index (χ2n) is 5.02. The third-order valence-corrected chi connectivity index (χ3v) is 7.64. The van der Waals surface area contributed by atoms with Crippen LogP contribution < -0.4 is 0 Å². The van der Waals surface area contributed by atoms with E-state index in [1.165, 1.54) is 0 Å². The van der Waals surface area contributed by atoms with E-state index in [2.05, 4.69) is 39.9 Å². The average molecular weight is 234 g/mol. The van der Waals surface area contributed by atoms with E-state index < -0.39 is 8.32 Å². The van der Waals surface area contributed by atoms with Crippen molar-refractivity contribution in [3.8, 4) is 6.07 Å². The summed E-state index contributed by atoms with van der Waals surface area (Å²) in [6.07, 6.45) is 0.276. The zero-order valence-electron chi connectivity index (χ0n) is 9.72. The lowest BCUT2D eigenvalue weighted by Crippen LogP contribution is -2.44. The molecule has 4 heteroatoms. The summed E-state index contributed by atoms with van der Waals surface area (Å²) in [6.45, 7) is 10.9. The first-order valence-corrected chi connectivity index (χ1v) is 8.29. The van der Waals surface area contributed by atoms with E-state index in [4.69, 9.17) is 21.3 Å². The van der Waals surface area contributed by atoms with E-state index in [9.17, 15) is 0 Å². The van der Waals surface area contributed by atoms with Gasteiger partial charge in [0.15, 0.2) is 8.32 Å². The van der Waals surface area contributed by atoms with Gasteiger partial charge in [-0.05, 0) is 18.1 Å². The maximum Gasteiger partial charge on any atom is 0.192 e. The van der Waals surface area contributed by atoms with Crippen LogP contribution in [0.15, 0.2) is 0 Å². The molecule has 0 fully saturated rings. The van der Waals surface area contributed by atoms with E-state index in [1.807, 2.05) is 0 Å². The van der Waals surface area contributed by atoms with Crippen molar-refractivity contribution >= 4 is 19.9 Å². The number of alkyl halides is 1. The van der Waals surface area contributed by atoms with Crippen molar-refractivity contribution in [2.45, 2.75) is 51.4 Å². The van der Waals surface area contributed by atoms with Gasteiger partial charge in [0.1, 0.15) is 0 Å². The third-order valence-electron chi connectivity index (χ3n) is 2.76. The molecule has 0 saturated heterocycles. The molecule has 0 N–H and O–H groups in total. The molecule has 0 aliphatic heterocycles. The Kier molecular flexibility index (Phi) is 5.14. The lowest BCUT2D eigenvalue weighted by molar-refractivity contribution is 0.207. The SMILES string of the molecule is CC(C)(C)[Si](C)(C)O[C@H](CCl)CC#N. The normalized spacial score (nSPS) is 14.9. The van der Waals surface area contributed by atoms with Crippen molar-refractivity contribution in [1.29, 1.82) is 5.26 Å². The number of halogens is 1. The van der Waals surface area contributed by atoms with Crippen molar-refractivity contribution in [1.82, 2.24) is 0 Å². The van der Waals surface area contributed by atoms with Gasteiger partial charge in [0.05, 0.1) is 18.6 Å². The highest BCUT2D eigenvalue weighted by atomic mass is 35.5. The van der Waals surface area contributed by atoms with Crippen LogP contribution in [0.4, 0.5) is 0 Å². The van der Waals surface area contributed by atoms with Crippen molar-refractivity contribution in [3.05, 3.63) is 0 Å². The van der Waals surface area contributed by atoms with Gasteiger partial charge in [0, 0.05) is 5.88 Å². The highest BCUT2D eigenvalue weighted by Gasteiger charge is 2.38. The molecule has 0 amide bonds. The minimum atomic E-state index is -1.76. The molecule has 0 spiro atoms. The zero-order valence-corrected chi connectivity index (χ0v) is 11.5. The van der Waals surface area contributed by atoms with Crippen LogP contribution in [-0.4, -0.2) is 20.3 Å². The topological polar surface area (TPSA) is 33.0 Å². The maximum absolute atomic E-state index is 8.59. The molecule has 0 unspecified atom stereocenters. The molecule has 1 atom stereocenters. The summed E-state index contributed by atoms with van der Waals surface area (Å²) in [6, 6.07) is 2.11. The van der Waals surface area contributed by atoms with Crippen LogP contribution in [0.2, 0.25) is 18.1 Å². The Morgan fingerprint density at radius 3 is 2.21 bits per heavy atom. The van der Waals surface area contributed by atoms with E-state index in [0.717, 1.165) is 0 Å². The Morgan fingerprint density at radius 2 is 1.93 bits per heavy atom. The molecule has 0 saturated carbocycles. The van der Waals surface area contributed by atoms with E-state index >= 15 is 0 Å². The minimum Gasteiger partial charge on any atom is -0.412 e. The summed E-state index contributed by atoms with van der Waals surface area (Å²) >= 11 is 5.75. The predicted octanol–water partition coefficient (Wildman–Crippen LogP) is 3.53. The van der Waals surface area contributed by atoms with Crippen molar-refractivity contribution in [3.63, 3.8) is 0 Å². The maximum atomic E-state index is 8.59. The smallest absolute Gasteiger partial charge is 0.192 e. The Labute approximate surface area is 93.3 Å². The van der Waals surface area contributed by atoms with E-state index in [1.54, 1.807) is 0 Å². The van der Waals surface area contributed by atoms with Gasteiger partial charge in [0.25, 0.3) is 0 Å². The fourth-order valence-electron chi connectivity index (χ4n) is 0.823. The van der Waals surface area contributed by atoms with Gasteiger partial charge in [-0.25, -0.2) is 0 Å². The summed E-state index contributed by atoms with van der Waals surface area (Å²) in [5, 5.41) is 8.77. The first kappa shape index (κ1) is 14.0. The second kappa shape index (κ2) is 5.15. The molecular weight excluding hydrogens is 214 g/mol. The molecule has 82 valence electrons. The Hall–Kier alpha value is -0.0431. The Balaban J connectivity index is 4.41. The van der Waals surface area contributed by atoms with Gasteiger partial charge in [-0.15, -0.1) is 11.6 Å². The number of nitriles is 1. The van der Waals surface area contributed by atoms with Crippen LogP contribution in [0.3, 0.4) is 0 Å². The van der Waals surface area contributed by atoms with Gasteiger partial charge in [-0.1, -0.05) is 20.8 Å². The van der Waals surface area contributed by atoms with Crippen molar-refractivity contribution in [2.24, 2.45) is 0 Å². The first-order valence-electron chi connectivity index (χ1n) is 4.85. The second-order valence-corrected chi connectivity index (χ2v) is 10.1. The zero-order chi connectivity index (χ0) is 11.4. The fraction of sp³-hybridized carbons (Fsp3) is 0.900. The summed E-state index contributed by atoms with van der Waals surface area (Å²) in [5.41, 5.74) is 0. The average Bonchev–Trinajstić information content (AvgIpc) is 2.01. The van der Waals surface area contributed by atoms with Gasteiger partial charge >= 0.3 is 0 Å². The predicted molar refractivity (Wildman–Crippen MR) is 63.0 cm³/mol. The van der Waals surface area contributed by atoms with Gasteiger partial charge < -0.3 is 4.43 Å². The summed E-state index contributed by atoms with van der Waals surface area (Å²) < 4.78 is 5.98. The quantitative estimate of drug-likeness (QED) is 0.550. The van der Waals surface area contributed by atoms with Crippen molar-refractivity contribution < 1.29 is 4.43 Å². The molecule has 0 bridgehead atoms. The van der Waals surface area contributed by atoms with E-state index in [0.29, 0.717) is 12.3 Å². The Morgan fingerprint density at radius 1 is 1.43 bits per heavy atom. The highest BCUT2D eigenvalue weighted by molar-refractivity contribution is 6.74. The minimum absolute atomic E-state index is 0.109. The lowest BCUT2D eigenvalue weighted by atomic mass is 10.2. The monoisotopic (exact) mass is 233 g/mol. The van der Waals surface area contributed by atoms with Crippen LogP contribution in [-0.2, 0) is 4.43 Å². The number of nitrogens with zero attached hydrogens (tertiary/aromatic N) is 1. The highest BCUT2D eigenvalue weighted by Crippen LogP contribution is 2.37. The number of hydrogen-bond donors (Lipinski definition) is 0. The van der Waals surface area contributed by atoms with Crippen LogP contribution >= 0.6 is 11.6 Å². The van der Waals surface area contributed by atoms with Crippen LogP contribution in [0, 0.1) is 11.3 Å². The van der Waals surface area contributed by atoms with Crippen molar-refractivity contribution in [2.75, 3.05) is 5.88 Å². The molecule has 0 rings (SSSR count). The van der Waals surface area contributed by atoms with Gasteiger partial charge in [-0.2, -0.15) is 5.26 Å². The molecule has 0 aromatic rings. The first-order chi connectivity index (χ1) is 6.24. The summed E-state index contributed by atoms with van der Waals surface area (Å²) in [4.78, 5) is 0. The van der Waals surface area contributed by atoms with Crippen LogP contribution in [0.5, 0.6) is 0 Å². The summed E-state index contributed by atoms with van der Waals surface area (Å²) in [7, 11) is -1.76. The Bertz CT molecular complexity index is 217. The molecule has 0 aliphatic carbocycles. The molecule has 0 aliphatic rings. The fourth-order valence-corrected chi connectivity index (χ4v) is 2.45. The molecule has 14 heavy (non-hydrogen) atoms. The summed E-state index contributed by atoms with van der Waals surface area (Å²) in [5.74, 6) is 0.403. The molecule has 2 nitrogen and oxygen atoms in total. The molecule has 0 aromatic heterocycles. The number of rotatable bonds is 4. The van der Waals surface area contributed by atoms with Crippen LogP contribution in [0.25, 0.3) is 0 Å². The largest absolute Gasteiger partial charge is 0.412 e. The molecule has 0 heterocycles. The molecule has 0 radical (unpaired) electrons. The lowest BCUT2D eigenvalue weighted by Gasteiger charge is -2.38. The van der Waals surface area contributed by atoms with E-state index in [-0.39, 0.29) is 11.1 Å². The number of hydrogen-bond acceptors (Lipinski definition) is 2. The van der Waals surface area contributed by atoms with Gasteiger partial charge in [-0.3, -0.25) is 0 Å². The molecule has 0 aromatic carbocycles. The standard InChI is InChI=1S/C10H20ClNOSi/c1-10(2,3)14(4,5)13-9(8-11)6-7-12/h9H,6,8H2,1-5H3/t9-/m0/s1. The third kappa shape index (κ3) is 3.99.